The molecule has 1 fully saturated rings. The number of carbonyl (C=O) groups is 2. The summed E-state index contributed by atoms with van der Waals surface area (Å²) in [6.07, 6.45) is 2.70. The molecular formula is C20H17NO3S2. The third kappa shape index (κ3) is 3.71. The number of thiocarbonyl (C=S) groups is 1. The van der Waals surface area contributed by atoms with Crippen molar-refractivity contribution >= 4 is 46.3 Å². The number of hydrogen-bond donors (Lipinski definition) is 1. The molecule has 3 rings (SSSR count). The van der Waals surface area contributed by atoms with Crippen molar-refractivity contribution in [2.24, 2.45) is 0 Å². The first-order valence-corrected chi connectivity index (χ1v) is 9.37. The van der Waals surface area contributed by atoms with Crippen LogP contribution in [0.1, 0.15) is 29.7 Å². The number of nitrogens with zero attached hydrogens (tertiary/aromatic N) is 1. The number of carboxylic acids is 1. The van der Waals surface area contributed by atoms with Gasteiger partial charge in [0.25, 0.3) is 5.91 Å². The molecule has 1 aliphatic rings. The van der Waals surface area contributed by atoms with Crippen molar-refractivity contribution in [3.8, 4) is 0 Å². The number of carbonyl (C=O) groups excluding carboxylic acids is 1. The third-order valence-corrected chi connectivity index (χ3v) is 5.45. The van der Waals surface area contributed by atoms with Crippen LogP contribution in [-0.4, -0.2) is 26.2 Å². The minimum Gasteiger partial charge on any atom is -0.479 e. The average molecular weight is 383 g/mol. The Balaban J connectivity index is 1.92. The number of benzene rings is 2. The Bertz CT molecular complexity index is 876. The largest absolute Gasteiger partial charge is 0.479 e. The average Bonchev–Trinajstić information content (AvgIpc) is 2.91. The van der Waals surface area contributed by atoms with E-state index in [1.165, 1.54) is 10.5 Å². The summed E-state index contributed by atoms with van der Waals surface area (Å²) in [4.78, 5) is 26.3. The molecule has 2 aromatic carbocycles. The molecule has 0 spiro atoms. The summed E-state index contributed by atoms with van der Waals surface area (Å²) in [5.74, 6) is -1.49. The minimum absolute atomic E-state index is 0.252. The molecule has 1 N–H and O–H groups in total. The van der Waals surface area contributed by atoms with Crippen molar-refractivity contribution in [2.45, 2.75) is 19.4 Å². The van der Waals surface area contributed by atoms with E-state index in [1.807, 2.05) is 24.3 Å². The predicted molar refractivity (Wildman–Crippen MR) is 108 cm³/mol. The van der Waals surface area contributed by atoms with E-state index in [1.54, 1.807) is 36.4 Å². The first-order valence-electron chi connectivity index (χ1n) is 8.15. The van der Waals surface area contributed by atoms with E-state index in [0.717, 1.165) is 23.7 Å². The zero-order valence-corrected chi connectivity index (χ0v) is 15.7. The molecule has 0 bridgehead atoms. The van der Waals surface area contributed by atoms with Crippen LogP contribution < -0.4 is 0 Å². The standard InChI is InChI=1S/C20H17NO3S2/c1-2-13-8-10-14(11-9-13)12-16-18(22)21(20(25)26-16)17(19(23)24)15-6-4-3-5-7-15/h3-12,17H,2H2,1H3,(H,23,24)/b16-12-/t17-/m0/s1. The van der Waals surface area contributed by atoms with Crippen LogP contribution in [0.4, 0.5) is 0 Å². The van der Waals surface area contributed by atoms with E-state index in [-0.39, 0.29) is 10.2 Å². The van der Waals surface area contributed by atoms with Gasteiger partial charge in [-0.1, -0.05) is 85.5 Å². The Kier molecular flexibility index (Phi) is 5.54. The van der Waals surface area contributed by atoms with Crippen LogP contribution in [0, 0.1) is 0 Å². The predicted octanol–water partition coefficient (Wildman–Crippen LogP) is 4.28. The summed E-state index contributed by atoms with van der Waals surface area (Å²) in [5, 5.41) is 9.67. The highest BCUT2D eigenvalue weighted by Gasteiger charge is 2.41. The maximum Gasteiger partial charge on any atom is 0.331 e. The second-order valence-electron chi connectivity index (χ2n) is 5.80. The molecule has 4 nitrogen and oxygen atoms in total. The van der Waals surface area contributed by atoms with Crippen LogP contribution in [0.3, 0.4) is 0 Å². The summed E-state index contributed by atoms with van der Waals surface area (Å²) in [7, 11) is 0. The molecular weight excluding hydrogens is 366 g/mol. The van der Waals surface area contributed by atoms with Crippen LogP contribution in [0.2, 0.25) is 0 Å². The zero-order chi connectivity index (χ0) is 18.7. The van der Waals surface area contributed by atoms with Crippen LogP contribution in [0.15, 0.2) is 59.5 Å². The monoisotopic (exact) mass is 383 g/mol. The van der Waals surface area contributed by atoms with Crippen LogP contribution >= 0.6 is 24.0 Å². The van der Waals surface area contributed by atoms with Crippen molar-refractivity contribution in [1.29, 1.82) is 0 Å². The van der Waals surface area contributed by atoms with Gasteiger partial charge in [-0.3, -0.25) is 9.69 Å². The van der Waals surface area contributed by atoms with E-state index in [4.69, 9.17) is 12.2 Å². The Morgan fingerprint density at radius 2 is 1.85 bits per heavy atom. The number of thioether (sulfide) groups is 1. The van der Waals surface area contributed by atoms with E-state index >= 15 is 0 Å². The number of aliphatic carboxylic acids is 1. The molecule has 1 heterocycles. The quantitative estimate of drug-likeness (QED) is 0.617. The Morgan fingerprint density at radius 1 is 1.19 bits per heavy atom. The van der Waals surface area contributed by atoms with Crippen LogP contribution in [-0.2, 0) is 16.0 Å². The van der Waals surface area contributed by atoms with E-state index in [2.05, 4.69) is 6.92 Å². The lowest BCUT2D eigenvalue weighted by molar-refractivity contribution is -0.145. The second kappa shape index (κ2) is 7.85. The molecule has 6 heteroatoms. The molecule has 2 aromatic rings. The normalized spacial score (nSPS) is 17.0. The molecule has 0 radical (unpaired) electrons. The lowest BCUT2D eigenvalue weighted by atomic mass is 10.1. The van der Waals surface area contributed by atoms with Crippen molar-refractivity contribution in [3.05, 3.63) is 76.2 Å². The lowest BCUT2D eigenvalue weighted by Gasteiger charge is -2.23. The summed E-state index contributed by atoms with van der Waals surface area (Å²) in [6, 6.07) is 15.4. The Hall–Kier alpha value is -2.44. The van der Waals surface area contributed by atoms with Gasteiger partial charge in [-0.15, -0.1) is 0 Å². The van der Waals surface area contributed by atoms with Gasteiger partial charge in [0.1, 0.15) is 4.32 Å². The highest BCUT2D eigenvalue weighted by Crippen LogP contribution is 2.38. The SMILES string of the molecule is CCc1ccc(/C=C2\SC(=S)N([C@H](C(=O)O)c3ccccc3)C2=O)cc1. The second-order valence-corrected chi connectivity index (χ2v) is 7.47. The molecule has 0 aromatic heterocycles. The molecule has 26 heavy (non-hydrogen) atoms. The van der Waals surface area contributed by atoms with Gasteiger partial charge in [0.2, 0.25) is 0 Å². The molecule has 0 unspecified atom stereocenters. The molecule has 132 valence electrons. The fraction of sp³-hybridized carbons (Fsp3) is 0.150. The molecule has 0 saturated carbocycles. The van der Waals surface area contributed by atoms with Gasteiger partial charge >= 0.3 is 5.97 Å². The van der Waals surface area contributed by atoms with E-state index < -0.39 is 12.0 Å². The first-order chi connectivity index (χ1) is 12.5. The van der Waals surface area contributed by atoms with Gasteiger partial charge in [0.15, 0.2) is 6.04 Å². The summed E-state index contributed by atoms with van der Waals surface area (Å²) >= 11 is 6.44. The van der Waals surface area contributed by atoms with Crippen molar-refractivity contribution in [1.82, 2.24) is 4.90 Å². The van der Waals surface area contributed by atoms with E-state index in [0.29, 0.717) is 10.5 Å². The number of carboxylic acid groups (broad SMARTS) is 1. The minimum atomic E-state index is -1.13. The Morgan fingerprint density at radius 3 is 2.42 bits per heavy atom. The maximum atomic E-state index is 12.8. The lowest BCUT2D eigenvalue weighted by Crippen LogP contribution is -2.37. The Labute approximate surface area is 161 Å². The molecule has 1 aliphatic heterocycles. The molecule has 1 saturated heterocycles. The summed E-state index contributed by atoms with van der Waals surface area (Å²) in [5.41, 5.74) is 2.61. The zero-order valence-electron chi connectivity index (χ0n) is 14.1. The fourth-order valence-corrected chi connectivity index (χ4v) is 4.05. The summed E-state index contributed by atoms with van der Waals surface area (Å²) in [6.45, 7) is 2.08. The van der Waals surface area contributed by atoms with Gasteiger partial charge in [0, 0.05) is 0 Å². The number of hydrogen-bond acceptors (Lipinski definition) is 4. The summed E-state index contributed by atoms with van der Waals surface area (Å²) < 4.78 is 0.252. The molecule has 1 atom stereocenters. The van der Waals surface area contributed by atoms with Crippen molar-refractivity contribution in [2.75, 3.05) is 0 Å². The highest BCUT2D eigenvalue weighted by molar-refractivity contribution is 8.26. The highest BCUT2D eigenvalue weighted by atomic mass is 32.2. The first kappa shape index (κ1) is 18.4. The molecule has 0 aliphatic carbocycles. The van der Waals surface area contributed by atoms with Gasteiger partial charge in [-0.05, 0) is 29.2 Å². The fourth-order valence-electron chi connectivity index (χ4n) is 2.74. The van der Waals surface area contributed by atoms with Crippen molar-refractivity contribution in [3.63, 3.8) is 0 Å². The maximum absolute atomic E-state index is 12.8. The van der Waals surface area contributed by atoms with Crippen LogP contribution in [0.5, 0.6) is 0 Å². The smallest absolute Gasteiger partial charge is 0.331 e. The third-order valence-electron chi connectivity index (χ3n) is 4.12. The van der Waals surface area contributed by atoms with Gasteiger partial charge < -0.3 is 5.11 Å². The van der Waals surface area contributed by atoms with Gasteiger partial charge in [-0.2, -0.15) is 0 Å². The van der Waals surface area contributed by atoms with Gasteiger partial charge in [-0.25, -0.2) is 4.79 Å². The van der Waals surface area contributed by atoms with Crippen molar-refractivity contribution < 1.29 is 14.7 Å². The molecule has 1 amide bonds. The number of rotatable bonds is 5. The number of amides is 1. The van der Waals surface area contributed by atoms with E-state index in [9.17, 15) is 14.7 Å². The number of aryl methyl sites for hydroxylation is 1. The van der Waals surface area contributed by atoms with Crippen LogP contribution in [0.25, 0.3) is 6.08 Å². The topological polar surface area (TPSA) is 57.6 Å². The van der Waals surface area contributed by atoms with Gasteiger partial charge in [0.05, 0.1) is 4.91 Å².